The Bertz CT molecular complexity index is 1380. The van der Waals surface area contributed by atoms with Gasteiger partial charge in [-0.05, 0) is 28.8 Å². The third kappa shape index (κ3) is 5.21. The average Bonchev–Trinajstić information content (AvgIpc) is 2.98. The molecule has 1 fully saturated rings. The molecule has 0 radical (unpaired) electrons. The maximum Gasteiger partial charge on any atom is 0.359 e. The van der Waals surface area contributed by atoms with Crippen LogP contribution < -0.4 is 11.1 Å². The van der Waals surface area contributed by atoms with Gasteiger partial charge in [0.1, 0.15) is 17.2 Å². The lowest BCUT2D eigenvalue weighted by Gasteiger charge is -2.49. The van der Waals surface area contributed by atoms with Gasteiger partial charge in [-0.25, -0.2) is 4.79 Å². The van der Waals surface area contributed by atoms with Crippen LogP contribution in [-0.2, 0) is 23.9 Å². The fourth-order valence-corrected chi connectivity index (χ4v) is 5.91. The van der Waals surface area contributed by atoms with Crippen LogP contribution in [0.4, 0.5) is 5.69 Å². The third-order valence-corrected chi connectivity index (χ3v) is 7.83. The maximum atomic E-state index is 13.6. The van der Waals surface area contributed by atoms with Gasteiger partial charge in [-0.2, -0.15) is 0 Å². The van der Waals surface area contributed by atoms with Crippen LogP contribution in [0, 0.1) is 0 Å². The van der Waals surface area contributed by atoms with Crippen molar-refractivity contribution in [3.05, 3.63) is 113 Å². The van der Waals surface area contributed by atoms with Crippen molar-refractivity contribution in [3.8, 4) is 0 Å². The molecule has 2 aliphatic heterocycles. The highest BCUT2D eigenvalue weighted by atomic mass is 32.2. The van der Waals surface area contributed by atoms with Gasteiger partial charge in [-0.15, -0.1) is 11.8 Å². The molecule has 0 aromatic heterocycles. The number of methoxy groups -OCH3 is 1. The van der Waals surface area contributed by atoms with Crippen LogP contribution in [0.3, 0.4) is 0 Å². The number of esters is 1. The number of ether oxygens (including phenoxy) is 2. The summed E-state index contributed by atoms with van der Waals surface area (Å²) in [5.41, 5.74) is 8.02. The Balaban J connectivity index is 1.35. The first kappa shape index (κ1) is 26.3. The Morgan fingerprint density at radius 2 is 1.62 bits per heavy atom. The molecule has 3 atom stereocenters. The lowest BCUT2D eigenvalue weighted by atomic mass is 10.0. The highest BCUT2D eigenvalue weighted by molar-refractivity contribution is 8.00. The van der Waals surface area contributed by atoms with E-state index in [0.29, 0.717) is 22.8 Å². The average molecular weight is 546 g/mol. The van der Waals surface area contributed by atoms with E-state index in [0.717, 1.165) is 11.1 Å². The summed E-state index contributed by atoms with van der Waals surface area (Å²) in [5.74, 6) is -1.36. The van der Waals surface area contributed by atoms with Crippen molar-refractivity contribution in [2.45, 2.75) is 23.6 Å². The fraction of sp³-hybridized carbons (Fsp3) is 0.207. The second-order valence-electron chi connectivity index (χ2n) is 9.05. The summed E-state index contributed by atoms with van der Waals surface area (Å²) >= 11 is 1.34. The first-order valence-corrected chi connectivity index (χ1v) is 13.3. The molecule has 3 aromatic rings. The van der Waals surface area contributed by atoms with E-state index in [1.54, 1.807) is 18.2 Å². The zero-order valence-electron chi connectivity index (χ0n) is 21.0. The molecular formula is C29H27N3O6S. The Hall–Kier alpha value is -4.28. The van der Waals surface area contributed by atoms with E-state index >= 15 is 0 Å². The van der Waals surface area contributed by atoms with E-state index in [9.17, 15) is 19.5 Å². The van der Waals surface area contributed by atoms with E-state index in [1.165, 1.54) is 29.8 Å². The van der Waals surface area contributed by atoms with Gasteiger partial charge in [-0.3, -0.25) is 14.5 Å². The summed E-state index contributed by atoms with van der Waals surface area (Å²) in [5, 5.41) is 12.5. The van der Waals surface area contributed by atoms with Crippen LogP contribution in [0.1, 0.15) is 28.9 Å². The SMILES string of the molecule is COC1=C(C(=O)OC(c2ccccc2)c2ccccc2)N2C(=O)[C@@H](NC(=O)[C@H](O)c3cccc(N)c3)[C@H]2SC1. The Labute approximate surface area is 229 Å². The number of hydrogen-bond donors (Lipinski definition) is 3. The van der Waals surface area contributed by atoms with Crippen LogP contribution in [0.25, 0.3) is 0 Å². The zero-order valence-corrected chi connectivity index (χ0v) is 21.8. The minimum Gasteiger partial charge on any atom is -0.498 e. The van der Waals surface area contributed by atoms with Crippen LogP contribution in [-0.4, -0.2) is 52.1 Å². The molecule has 1 saturated heterocycles. The lowest BCUT2D eigenvalue weighted by molar-refractivity contribution is -0.155. The van der Waals surface area contributed by atoms with Gasteiger partial charge in [0.25, 0.3) is 11.8 Å². The van der Waals surface area contributed by atoms with Gasteiger partial charge >= 0.3 is 5.97 Å². The van der Waals surface area contributed by atoms with Crippen molar-refractivity contribution in [2.75, 3.05) is 18.6 Å². The van der Waals surface area contributed by atoms with Gasteiger partial charge in [-0.1, -0.05) is 72.8 Å². The van der Waals surface area contributed by atoms with Crippen LogP contribution in [0.5, 0.6) is 0 Å². The highest BCUT2D eigenvalue weighted by Gasteiger charge is 2.55. The number of aliphatic hydroxyl groups excluding tert-OH is 1. The topological polar surface area (TPSA) is 131 Å². The molecule has 9 nitrogen and oxygen atoms in total. The Kier molecular flexibility index (Phi) is 7.58. The number of amides is 2. The summed E-state index contributed by atoms with van der Waals surface area (Å²) in [7, 11) is 1.43. The van der Waals surface area contributed by atoms with Gasteiger partial charge in [0, 0.05) is 5.69 Å². The quantitative estimate of drug-likeness (QED) is 0.224. The number of anilines is 1. The summed E-state index contributed by atoms with van der Waals surface area (Å²) in [6.07, 6.45) is -2.21. The number of aliphatic hydroxyl groups is 1. The van der Waals surface area contributed by atoms with E-state index in [1.807, 2.05) is 60.7 Å². The molecule has 39 heavy (non-hydrogen) atoms. The normalized spacial score (nSPS) is 19.2. The second-order valence-corrected chi connectivity index (χ2v) is 10.2. The van der Waals surface area contributed by atoms with E-state index in [2.05, 4.69) is 5.32 Å². The molecule has 0 saturated carbocycles. The largest absolute Gasteiger partial charge is 0.498 e. The number of nitrogens with two attached hydrogens (primary N) is 1. The number of nitrogens with zero attached hydrogens (tertiary/aromatic N) is 1. The van der Waals surface area contributed by atoms with Crippen LogP contribution >= 0.6 is 11.8 Å². The molecule has 0 bridgehead atoms. The summed E-state index contributed by atoms with van der Waals surface area (Å²) < 4.78 is 11.5. The zero-order chi connectivity index (χ0) is 27.5. The molecule has 2 aliphatic rings. The van der Waals surface area contributed by atoms with Gasteiger partial charge in [0.05, 0.1) is 12.9 Å². The number of thioether (sulfide) groups is 1. The molecule has 200 valence electrons. The predicted octanol–water partition coefficient (Wildman–Crippen LogP) is 2.89. The molecule has 0 aliphatic carbocycles. The van der Waals surface area contributed by atoms with E-state index in [-0.39, 0.29) is 5.70 Å². The van der Waals surface area contributed by atoms with Crippen molar-refractivity contribution in [2.24, 2.45) is 0 Å². The standard InChI is InChI=1S/C29H27N3O6S/c1-37-21-16-39-28-22(31-26(34)24(33)19-13-8-14-20(30)15-19)27(35)32(28)23(21)29(36)38-25(17-9-4-2-5-10-17)18-11-6-3-7-12-18/h2-15,22,24-25,28,33H,16,30H2,1H3,(H,31,34)/t22-,24-,28-/m1/s1. The Morgan fingerprint density at radius 3 is 2.21 bits per heavy atom. The molecule has 2 heterocycles. The molecule has 2 amide bonds. The third-order valence-electron chi connectivity index (χ3n) is 6.58. The Morgan fingerprint density at radius 1 is 1.00 bits per heavy atom. The van der Waals surface area contributed by atoms with Crippen molar-refractivity contribution < 1.29 is 29.0 Å². The summed E-state index contributed by atoms with van der Waals surface area (Å²) in [6.45, 7) is 0. The second kappa shape index (κ2) is 11.2. The minimum atomic E-state index is -1.50. The number of carbonyl (C=O) groups excluding carboxylic acids is 3. The number of rotatable bonds is 8. The molecule has 10 heteroatoms. The smallest absolute Gasteiger partial charge is 0.359 e. The van der Waals surface area contributed by atoms with Crippen LogP contribution in [0.2, 0.25) is 0 Å². The first-order chi connectivity index (χ1) is 18.9. The number of nitrogens with one attached hydrogen (secondary N) is 1. The van der Waals surface area contributed by atoms with Crippen molar-refractivity contribution >= 4 is 35.2 Å². The maximum absolute atomic E-state index is 13.6. The summed E-state index contributed by atoms with van der Waals surface area (Å²) in [6, 6.07) is 24.0. The van der Waals surface area contributed by atoms with Crippen molar-refractivity contribution in [1.82, 2.24) is 10.2 Å². The number of carbonyl (C=O) groups is 3. The van der Waals surface area contributed by atoms with Crippen molar-refractivity contribution in [3.63, 3.8) is 0 Å². The molecule has 3 aromatic carbocycles. The van der Waals surface area contributed by atoms with Gasteiger partial charge in [0.15, 0.2) is 17.9 Å². The number of hydrogen-bond acceptors (Lipinski definition) is 8. The van der Waals surface area contributed by atoms with E-state index < -0.39 is 41.4 Å². The minimum absolute atomic E-state index is 0.00462. The van der Waals surface area contributed by atoms with Gasteiger partial charge in [0.2, 0.25) is 0 Å². The molecule has 0 spiro atoms. The monoisotopic (exact) mass is 545 g/mol. The van der Waals surface area contributed by atoms with Gasteiger partial charge < -0.3 is 25.6 Å². The molecule has 5 rings (SSSR count). The molecule has 4 N–H and O–H groups in total. The molecular weight excluding hydrogens is 518 g/mol. The molecule has 0 unspecified atom stereocenters. The number of nitrogen functional groups attached to an aromatic ring is 1. The predicted molar refractivity (Wildman–Crippen MR) is 146 cm³/mol. The highest BCUT2D eigenvalue weighted by Crippen LogP contribution is 2.42. The number of benzene rings is 3. The number of β-lactam (4-membered cyclic amide) rings is 1. The summed E-state index contributed by atoms with van der Waals surface area (Å²) in [4.78, 5) is 40.9. The van der Waals surface area contributed by atoms with Crippen molar-refractivity contribution in [1.29, 1.82) is 0 Å². The lowest BCUT2D eigenvalue weighted by Crippen LogP contribution is -2.71. The fourth-order valence-electron chi connectivity index (χ4n) is 4.60. The van der Waals surface area contributed by atoms with Crippen LogP contribution in [0.15, 0.2) is 96.4 Å². The number of fused-ring (bicyclic) bond motifs is 1. The first-order valence-electron chi connectivity index (χ1n) is 12.3. The van der Waals surface area contributed by atoms with E-state index in [4.69, 9.17) is 15.2 Å².